The number of pyridine rings is 1. The number of aromatic nitrogens is 2. The molecule has 0 radical (unpaired) electrons. The van der Waals surface area contributed by atoms with Gasteiger partial charge in [-0.25, -0.2) is 14.8 Å². The highest BCUT2D eigenvalue weighted by Gasteiger charge is 2.30. The van der Waals surface area contributed by atoms with Crippen LogP contribution in [-0.2, 0) is 14.3 Å². The smallest absolute Gasteiger partial charge is 0.344 e. The van der Waals surface area contributed by atoms with E-state index < -0.39 is 11.2 Å². The van der Waals surface area contributed by atoms with Crippen LogP contribution in [0.2, 0.25) is 0 Å². The molecule has 1 unspecified atom stereocenters. The molecule has 4 heterocycles. The van der Waals surface area contributed by atoms with Gasteiger partial charge < -0.3 is 33.5 Å². The molecule has 0 saturated carbocycles. The van der Waals surface area contributed by atoms with Crippen LogP contribution in [0, 0.1) is 11.3 Å². The van der Waals surface area contributed by atoms with E-state index in [1.807, 2.05) is 31.2 Å². The van der Waals surface area contributed by atoms with E-state index in [0.29, 0.717) is 41.6 Å². The number of benzene rings is 1. The third-order valence-electron chi connectivity index (χ3n) is 6.48. The Labute approximate surface area is 245 Å². The predicted molar refractivity (Wildman–Crippen MR) is 154 cm³/mol. The minimum absolute atomic E-state index is 0.0180. The van der Waals surface area contributed by atoms with E-state index in [0.717, 1.165) is 24.3 Å². The molecule has 3 aromatic rings. The number of hydrogen-bond donors (Lipinski definition) is 1. The third-order valence-corrected chi connectivity index (χ3v) is 7.69. The molecule has 2 aliphatic heterocycles. The van der Waals surface area contributed by atoms with Crippen LogP contribution in [0.3, 0.4) is 0 Å². The summed E-state index contributed by atoms with van der Waals surface area (Å²) in [7, 11) is 1.28. The zero-order chi connectivity index (χ0) is 29.5. The molecule has 1 saturated heterocycles. The molecule has 2 aromatic heterocycles. The van der Waals surface area contributed by atoms with Crippen LogP contribution in [0.15, 0.2) is 62.7 Å². The van der Waals surface area contributed by atoms with Crippen LogP contribution in [-0.4, -0.2) is 78.9 Å². The van der Waals surface area contributed by atoms with Gasteiger partial charge in [0, 0.05) is 35.8 Å². The van der Waals surface area contributed by atoms with E-state index in [2.05, 4.69) is 32.0 Å². The van der Waals surface area contributed by atoms with E-state index in [1.165, 1.54) is 31.1 Å². The highest BCUT2D eigenvalue weighted by molar-refractivity contribution is 8.05. The molecule has 1 aromatic carbocycles. The van der Waals surface area contributed by atoms with Crippen LogP contribution < -0.4 is 14.4 Å². The first-order valence-electron chi connectivity index (χ1n) is 13.1. The first-order valence-corrected chi connectivity index (χ1v) is 14.0. The number of nitriles is 1. The lowest BCUT2D eigenvalue weighted by atomic mass is 10.0. The topological polar surface area (TPSA) is 153 Å². The molecular weight excluding hydrogens is 562 g/mol. The lowest BCUT2D eigenvalue weighted by molar-refractivity contribution is -0.135. The van der Waals surface area contributed by atoms with Gasteiger partial charge in [0.25, 0.3) is 0 Å². The van der Waals surface area contributed by atoms with Crippen molar-refractivity contribution in [1.29, 1.82) is 5.26 Å². The Morgan fingerprint density at radius 3 is 2.74 bits per heavy atom. The van der Waals surface area contributed by atoms with Gasteiger partial charge in [-0.05, 0) is 36.4 Å². The molecular formula is C29H27N5O7S. The summed E-state index contributed by atoms with van der Waals surface area (Å²) in [6, 6.07) is 11.8. The van der Waals surface area contributed by atoms with Gasteiger partial charge in [0.05, 0.1) is 48.3 Å². The molecule has 0 aliphatic carbocycles. The quantitative estimate of drug-likeness (QED) is 0.166. The summed E-state index contributed by atoms with van der Waals surface area (Å²) in [5.74, 6) is 2.37. The molecule has 0 spiro atoms. The SMILES string of the molecule is CCOc1cnc(-c2cc(-c3ccc(N4CCOCC4)cc3)nc(OCC3SC(C(=O)OC)=CC3=C=NO)c2C#N)o1. The molecule has 0 bridgehead atoms. The second-order valence-corrected chi connectivity index (χ2v) is 10.2. The van der Waals surface area contributed by atoms with Crippen LogP contribution >= 0.6 is 11.8 Å². The summed E-state index contributed by atoms with van der Waals surface area (Å²) in [6.07, 6.45) is 2.96. The largest absolute Gasteiger partial charge is 0.475 e. The first kappa shape index (κ1) is 28.8. The van der Waals surface area contributed by atoms with Gasteiger partial charge in [0.2, 0.25) is 11.8 Å². The maximum absolute atomic E-state index is 12.1. The molecule has 13 heteroatoms. The van der Waals surface area contributed by atoms with E-state index in [1.54, 1.807) is 6.07 Å². The lowest BCUT2D eigenvalue weighted by Crippen LogP contribution is -2.36. The molecule has 2 aliphatic rings. The number of carbonyl (C=O) groups excluding carboxylic acids is 1. The normalized spacial score (nSPS) is 16.3. The van der Waals surface area contributed by atoms with Gasteiger partial charge >= 0.3 is 11.9 Å². The Morgan fingerprint density at radius 1 is 1.26 bits per heavy atom. The summed E-state index contributed by atoms with van der Waals surface area (Å²) >= 11 is 1.17. The van der Waals surface area contributed by atoms with Crippen LogP contribution in [0.5, 0.6) is 11.8 Å². The predicted octanol–water partition coefficient (Wildman–Crippen LogP) is 4.05. The first-order chi connectivity index (χ1) is 20.5. The van der Waals surface area contributed by atoms with Crippen molar-refractivity contribution in [2.45, 2.75) is 12.2 Å². The summed E-state index contributed by atoms with van der Waals surface area (Å²) in [5, 5.41) is 21.7. The molecule has 1 N–H and O–H groups in total. The number of esters is 1. The summed E-state index contributed by atoms with van der Waals surface area (Å²) in [4.78, 5) is 23.6. The molecule has 12 nitrogen and oxygen atoms in total. The van der Waals surface area contributed by atoms with Crippen LogP contribution in [0.25, 0.3) is 22.7 Å². The Balaban J connectivity index is 1.50. The number of methoxy groups -OCH3 is 1. The van der Waals surface area contributed by atoms with Crippen molar-refractivity contribution in [3.8, 4) is 40.6 Å². The van der Waals surface area contributed by atoms with Crippen molar-refractivity contribution < 1.29 is 33.4 Å². The molecule has 216 valence electrons. The highest BCUT2D eigenvalue weighted by atomic mass is 32.2. The number of anilines is 1. The van der Waals surface area contributed by atoms with Gasteiger partial charge in [0.1, 0.15) is 24.4 Å². The maximum atomic E-state index is 12.1. The van der Waals surface area contributed by atoms with Gasteiger partial charge in [-0.2, -0.15) is 5.26 Å². The van der Waals surface area contributed by atoms with Crippen molar-refractivity contribution in [2.24, 2.45) is 5.16 Å². The summed E-state index contributed by atoms with van der Waals surface area (Å²) in [5.41, 5.74) is 3.30. The van der Waals surface area contributed by atoms with Crippen LogP contribution in [0.1, 0.15) is 12.5 Å². The zero-order valence-corrected chi connectivity index (χ0v) is 23.7. The number of allylic oxidation sites excluding steroid dienone is 1. The Hall–Kier alpha value is -4.76. The molecule has 1 atom stereocenters. The number of morpholine rings is 1. The average Bonchev–Trinajstić information content (AvgIpc) is 3.67. The Kier molecular flexibility index (Phi) is 9.08. The standard InChI is InChI=1S/C29H27N5O7S/c1-3-39-26-16-31-27(41-26)21-13-23(18-4-6-20(7-5-18)34-8-10-38-11-9-34)33-28(22(21)14-30)40-17-25-19(15-32-36)12-24(42-25)29(35)37-2/h4-7,12-13,16,25,36H,3,8-11,17H2,1-2H3. The number of oxazole rings is 1. The van der Waals surface area contributed by atoms with Crippen molar-refractivity contribution in [2.75, 3.05) is 51.5 Å². The number of rotatable bonds is 9. The van der Waals surface area contributed by atoms with E-state index in [-0.39, 0.29) is 29.9 Å². The van der Waals surface area contributed by atoms with Crippen molar-refractivity contribution in [1.82, 2.24) is 9.97 Å². The number of ether oxygens (including phenoxy) is 4. The van der Waals surface area contributed by atoms with Crippen molar-refractivity contribution in [3.05, 3.63) is 58.6 Å². The Morgan fingerprint density at radius 2 is 2.05 bits per heavy atom. The Bertz CT molecular complexity index is 1580. The fraction of sp³-hybridized carbons (Fsp3) is 0.310. The van der Waals surface area contributed by atoms with Gasteiger partial charge in [0.15, 0.2) is 0 Å². The van der Waals surface area contributed by atoms with Gasteiger partial charge in [-0.1, -0.05) is 12.1 Å². The highest BCUT2D eigenvalue weighted by Crippen LogP contribution is 2.38. The summed E-state index contributed by atoms with van der Waals surface area (Å²) < 4.78 is 27.6. The molecule has 1 fully saturated rings. The lowest BCUT2D eigenvalue weighted by Gasteiger charge is -2.28. The van der Waals surface area contributed by atoms with Gasteiger partial charge in [-0.3, -0.25) is 0 Å². The third kappa shape index (κ3) is 6.26. The molecule has 0 amide bonds. The fourth-order valence-electron chi connectivity index (χ4n) is 4.44. The van der Waals surface area contributed by atoms with E-state index >= 15 is 0 Å². The number of nitrogens with zero attached hydrogens (tertiary/aromatic N) is 5. The van der Waals surface area contributed by atoms with E-state index in [9.17, 15) is 10.1 Å². The fourth-order valence-corrected chi connectivity index (χ4v) is 5.51. The average molecular weight is 590 g/mol. The monoisotopic (exact) mass is 589 g/mol. The van der Waals surface area contributed by atoms with Crippen molar-refractivity contribution in [3.63, 3.8) is 0 Å². The molecule has 5 rings (SSSR count). The minimum atomic E-state index is -0.533. The number of thioether (sulfide) groups is 1. The number of hydrogen-bond acceptors (Lipinski definition) is 13. The maximum Gasteiger partial charge on any atom is 0.344 e. The van der Waals surface area contributed by atoms with Crippen molar-refractivity contribution >= 4 is 29.3 Å². The summed E-state index contributed by atoms with van der Waals surface area (Å²) in [6.45, 7) is 5.18. The number of carbonyl (C=O) groups is 1. The second kappa shape index (κ2) is 13.3. The zero-order valence-electron chi connectivity index (χ0n) is 22.9. The molecule has 42 heavy (non-hydrogen) atoms. The van der Waals surface area contributed by atoms with Crippen LogP contribution in [0.4, 0.5) is 5.69 Å². The van der Waals surface area contributed by atoms with Gasteiger partial charge in [-0.15, -0.1) is 11.8 Å². The minimum Gasteiger partial charge on any atom is -0.475 e. The second-order valence-electron chi connectivity index (χ2n) is 9.00. The van der Waals surface area contributed by atoms with E-state index in [4.69, 9.17) is 28.6 Å².